The van der Waals surface area contributed by atoms with Crippen LogP contribution in [0.4, 0.5) is 10.5 Å². The van der Waals surface area contributed by atoms with Crippen LogP contribution in [0.25, 0.3) is 0 Å². The monoisotopic (exact) mass is 561 g/mol. The highest BCUT2D eigenvalue weighted by Crippen LogP contribution is 2.21. The first-order chi connectivity index (χ1) is 17.9. The number of anilines is 1. The van der Waals surface area contributed by atoms with Crippen molar-refractivity contribution in [1.29, 1.82) is 0 Å². The molecule has 0 heterocycles. The van der Waals surface area contributed by atoms with Gasteiger partial charge in [0.25, 0.3) is 0 Å². The number of aromatic hydroxyl groups is 1. The van der Waals surface area contributed by atoms with Gasteiger partial charge in [0, 0.05) is 29.1 Å². The van der Waals surface area contributed by atoms with Gasteiger partial charge in [-0.05, 0) is 77.4 Å². The number of esters is 1. The maximum absolute atomic E-state index is 13.4. The second kappa shape index (κ2) is 12.8. The molecule has 11 heteroatoms. The summed E-state index contributed by atoms with van der Waals surface area (Å²) in [6, 6.07) is 7.84. The van der Waals surface area contributed by atoms with Crippen molar-refractivity contribution in [2.75, 3.05) is 5.73 Å². The number of Topliss-reactive ketones (excluding diaryl/α,β-unsaturated/α-hetero) is 1. The van der Waals surface area contributed by atoms with Gasteiger partial charge in [-0.15, -0.1) is 0 Å². The Bertz CT molecular complexity index is 1200. The molecule has 5 N–H and O–H groups in total. The molecular weight excluding hydrogens is 526 g/mol. The Kier molecular flexibility index (Phi) is 10.3. The number of amides is 2. The number of carbonyl (C=O) groups is 4. The topological polar surface area (TPSA) is 157 Å². The number of hydrogen-bond acceptors (Lipinski definition) is 8. The highest BCUT2D eigenvalue weighted by Gasteiger charge is 2.32. The third kappa shape index (κ3) is 10.8. The predicted octanol–water partition coefficient (Wildman–Crippen LogP) is 4.16. The van der Waals surface area contributed by atoms with Gasteiger partial charge in [-0.3, -0.25) is 9.59 Å². The molecule has 212 valence electrons. The van der Waals surface area contributed by atoms with E-state index in [1.54, 1.807) is 53.7 Å². The molecule has 0 spiro atoms. The number of carbonyl (C=O) groups excluding carboxylic acids is 4. The minimum absolute atomic E-state index is 0.0260. The molecule has 0 aromatic heterocycles. The molecule has 2 aromatic rings. The Labute approximate surface area is 233 Å². The van der Waals surface area contributed by atoms with Crippen LogP contribution >= 0.6 is 11.6 Å². The van der Waals surface area contributed by atoms with Gasteiger partial charge in [-0.2, -0.15) is 0 Å². The summed E-state index contributed by atoms with van der Waals surface area (Å²) in [7, 11) is 0. The number of ketones is 1. The van der Waals surface area contributed by atoms with Crippen molar-refractivity contribution in [3.05, 3.63) is 58.6 Å². The van der Waals surface area contributed by atoms with E-state index in [0.29, 0.717) is 10.6 Å². The van der Waals surface area contributed by atoms with Gasteiger partial charge in [0.15, 0.2) is 5.78 Å². The third-order valence-electron chi connectivity index (χ3n) is 5.09. The molecule has 0 saturated heterocycles. The van der Waals surface area contributed by atoms with E-state index < -0.39 is 53.5 Å². The normalized spacial score (nSPS) is 13.1. The maximum atomic E-state index is 13.4. The molecule has 2 aromatic carbocycles. The van der Waals surface area contributed by atoms with Crippen LogP contribution in [0.1, 0.15) is 63.9 Å². The molecule has 0 aliphatic carbocycles. The number of halogens is 1. The Morgan fingerprint density at radius 1 is 0.897 bits per heavy atom. The number of ether oxygens (including phenoxy) is 2. The lowest BCUT2D eigenvalue weighted by Crippen LogP contribution is -2.54. The molecule has 2 rings (SSSR count). The van der Waals surface area contributed by atoms with Crippen LogP contribution in [0.5, 0.6) is 5.75 Å². The van der Waals surface area contributed by atoms with Crippen molar-refractivity contribution >= 4 is 41.0 Å². The quantitative estimate of drug-likeness (QED) is 0.202. The Hall–Kier alpha value is -3.79. The van der Waals surface area contributed by atoms with Gasteiger partial charge in [0.1, 0.15) is 29.0 Å². The van der Waals surface area contributed by atoms with E-state index in [1.165, 1.54) is 30.3 Å². The van der Waals surface area contributed by atoms with Gasteiger partial charge >= 0.3 is 12.1 Å². The van der Waals surface area contributed by atoms with Crippen LogP contribution in [0.3, 0.4) is 0 Å². The number of alkyl carbamates (subject to hydrolysis) is 1. The standard InChI is InChI=1S/C28H36ClN3O7/c1-27(2,3)38-25(36)22(13-16-7-10-18(33)11-8-16)31-24(35)21(32-26(37)39-28(4,5)6)15-23(34)19-12-9-17(29)14-20(19)30/h7-12,14,21-22,33H,13,15,30H2,1-6H3,(H,31,35)(H,32,37)/t21?,22-/m0/s1. The molecule has 0 aliphatic rings. The highest BCUT2D eigenvalue weighted by molar-refractivity contribution is 6.31. The zero-order chi connectivity index (χ0) is 29.5. The van der Waals surface area contributed by atoms with Crippen molar-refractivity contribution < 1.29 is 33.8 Å². The van der Waals surface area contributed by atoms with E-state index in [9.17, 15) is 24.3 Å². The van der Waals surface area contributed by atoms with Crippen molar-refractivity contribution in [3.63, 3.8) is 0 Å². The Balaban J connectivity index is 2.34. The lowest BCUT2D eigenvalue weighted by molar-refractivity contribution is -0.158. The fourth-order valence-electron chi connectivity index (χ4n) is 3.45. The highest BCUT2D eigenvalue weighted by atomic mass is 35.5. The Morgan fingerprint density at radius 2 is 1.49 bits per heavy atom. The van der Waals surface area contributed by atoms with Crippen LogP contribution in [-0.4, -0.2) is 52.1 Å². The number of benzene rings is 2. The second-order valence-electron chi connectivity index (χ2n) is 11.0. The summed E-state index contributed by atoms with van der Waals surface area (Å²) in [6.07, 6.45) is -1.37. The fraction of sp³-hybridized carbons (Fsp3) is 0.429. The lowest BCUT2D eigenvalue weighted by atomic mass is 10.0. The van der Waals surface area contributed by atoms with E-state index >= 15 is 0 Å². The molecule has 2 atom stereocenters. The number of hydrogen-bond donors (Lipinski definition) is 4. The second-order valence-corrected chi connectivity index (χ2v) is 11.5. The summed E-state index contributed by atoms with van der Waals surface area (Å²) >= 11 is 5.93. The van der Waals surface area contributed by atoms with Gasteiger partial charge in [-0.25, -0.2) is 9.59 Å². The van der Waals surface area contributed by atoms with E-state index in [-0.39, 0.29) is 23.4 Å². The molecule has 2 amide bonds. The van der Waals surface area contributed by atoms with Crippen molar-refractivity contribution in [3.8, 4) is 5.75 Å². The zero-order valence-electron chi connectivity index (χ0n) is 23.0. The average molecular weight is 562 g/mol. The molecule has 1 unspecified atom stereocenters. The number of phenolic OH excluding ortho intramolecular Hbond substituents is 1. The molecule has 0 fully saturated rings. The van der Waals surface area contributed by atoms with Gasteiger partial charge in [0.05, 0.1) is 0 Å². The minimum atomic E-state index is -1.41. The molecular formula is C28H36ClN3O7. The lowest BCUT2D eigenvalue weighted by Gasteiger charge is -2.27. The van der Waals surface area contributed by atoms with E-state index in [4.69, 9.17) is 26.8 Å². The average Bonchev–Trinajstić information content (AvgIpc) is 2.77. The number of nitrogens with two attached hydrogens (primary N) is 1. The maximum Gasteiger partial charge on any atom is 0.408 e. The SMILES string of the molecule is CC(C)(C)OC(=O)NC(CC(=O)c1ccc(Cl)cc1N)C(=O)N[C@@H](Cc1ccc(O)cc1)C(=O)OC(C)(C)C. The van der Waals surface area contributed by atoms with E-state index in [1.807, 2.05) is 0 Å². The first-order valence-corrected chi connectivity index (χ1v) is 12.7. The smallest absolute Gasteiger partial charge is 0.408 e. The summed E-state index contributed by atoms with van der Waals surface area (Å²) in [4.78, 5) is 52.1. The first kappa shape index (κ1) is 31.4. The van der Waals surface area contributed by atoms with E-state index in [2.05, 4.69) is 10.6 Å². The molecule has 0 radical (unpaired) electrons. The zero-order valence-corrected chi connectivity index (χ0v) is 23.7. The van der Waals surface area contributed by atoms with Crippen LogP contribution in [-0.2, 0) is 25.5 Å². The molecule has 0 bridgehead atoms. The van der Waals surface area contributed by atoms with Crippen LogP contribution in [0, 0.1) is 0 Å². The summed E-state index contributed by atoms with van der Waals surface area (Å²) < 4.78 is 10.8. The van der Waals surface area contributed by atoms with Crippen LogP contribution in [0.15, 0.2) is 42.5 Å². The molecule has 10 nitrogen and oxygen atoms in total. The minimum Gasteiger partial charge on any atom is -0.508 e. The van der Waals surface area contributed by atoms with Crippen LogP contribution < -0.4 is 16.4 Å². The first-order valence-electron chi connectivity index (χ1n) is 12.3. The number of phenols is 1. The summed E-state index contributed by atoms with van der Waals surface area (Å²) in [5.74, 6) is -2.02. The van der Waals surface area contributed by atoms with Crippen LogP contribution in [0.2, 0.25) is 5.02 Å². The summed E-state index contributed by atoms with van der Waals surface area (Å²) in [5, 5.41) is 14.9. The molecule has 0 saturated carbocycles. The largest absolute Gasteiger partial charge is 0.508 e. The number of rotatable bonds is 9. The van der Waals surface area contributed by atoms with E-state index in [0.717, 1.165) is 0 Å². The fourth-order valence-corrected chi connectivity index (χ4v) is 3.63. The third-order valence-corrected chi connectivity index (χ3v) is 5.33. The van der Waals surface area contributed by atoms with Crippen molar-refractivity contribution in [2.24, 2.45) is 0 Å². The van der Waals surface area contributed by atoms with Gasteiger partial charge < -0.3 is 30.9 Å². The Morgan fingerprint density at radius 3 is 2.03 bits per heavy atom. The van der Waals surface area contributed by atoms with Gasteiger partial charge in [0.2, 0.25) is 5.91 Å². The van der Waals surface area contributed by atoms with Crippen molar-refractivity contribution in [1.82, 2.24) is 10.6 Å². The predicted molar refractivity (Wildman–Crippen MR) is 148 cm³/mol. The molecule has 0 aliphatic heterocycles. The molecule has 39 heavy (non-hydrogen) atoms. The van der Waals surface area contributed by atoms with Gasteiger partial charge in [-0.1, -0.05) is 23.7 Å². The van der Waals surface area contributed by atoms with Crippen molar-refractivity contribution in [2.45, 2.75) is 77.7 Å². The number of nitrogen functional groups attached to an aromatic ring is 1. The summed E-state index contributed by atoms with van der Waals surface area (Å²) in [5.41, 5.74) is 5.09. The number of nitrogens with one attached hydrogen (secondary N) is 2. The summed E-state index contributed by atoms with van der Waals surface area (Å²) in [6.45, 7) is 10.0.